The van der Waals surface area contributed by atoms with Crippen molar-refractivity contribution in [3.63, 3.8) is 0 Å². The van der Waals surface area contributed by atoms with Gasteiger partial charge in [-0.25, -0.2) is 0 Å². The zero-order valence-electron chi connectivity index (χ0n) is 14.1. The van der Waals surface area contributed by atoms with Gasteiger partial charge in [-0.05, 0) is 40.8 Å². The molecule has 3 aromatic carbocycles. The number of benzene rings is 3. The van der Waals surface area contributed by atoms with E-state index >= 15 is 0 Å². The molecule has 3 rings (SSSR count). The number of hydrogen-bond acceptors (Lipinski definition) is 1. The number of hydrogen-bond donors (Lipinski definition) is 0. The normalized spacial score (nSPS) is 10.4. The second-order valence-electron chi connectivity index (χ2n) is 6.10. The van der Waals surface area contributed by atoms with E-state index in [1.54, 1.807) is 19.0 Å². The smallest absolute Gasteiger partial charge is 0.253 e. The van der Waals surface area contributed by atoms with Crippen LogP contribution in [0.15, 0.2) is 78.9 Å². The maximum atomic E-state index is 12.0. The number of rotatable bonds is 4. The zero-order chi connectivity index (χ0) is 16.9. The number of amides is 1. The zero-order valence-corrected chi connectivity index (χ0v) is 14.1. The molecule has 0 aromatic heterocycles. The molecular formula is C22H21NO. The summed E-state index contributed by atoms with van der Waals surface area (Å²) in [5, 5.41) is 0. The van der Waals surface area contributed by atoms with Gasteiger partial charge in [0.15, 0.2) is 0 Å². The van der Waals surface area contributed by atoms with Crippen molar-refractivity contribution in [3.05, 3.63) is 95.6 Å². The summed E-state index contributed by atoms with van der Waals surface area (Å²) in [6, 6.07) is 26.8. The third-order valence-corrected chi connectivity index (χ3v) is 4.10. The summed E-state index contributed by atoms with van der Waals surface area (Å²) in [5.41, 5.74) is 5.70. The van der Waals surface area contributed by atoms with Crippen LogP contribution in [0.25, 0.3) is 11.1 Å². The van der Waals surface area contributed by atoms with Crippen LogP contribution in [0, 0.1) is 0 Å². The highest BCUT2D eigenvalue weighted by atomic mass is 16.2. The van der Waals surface area contributed by atoms with E-state index in [2.05, 4.69) is 48.5 Å². The molecule has 0 radical (unpaired) electrons. The Hall–Kier alpha value is -2.87. The van der Waals surface area contributed by atoms with Gasteiger partial charge >= 0.3 is 0 Å². The minimum Gasteiger partial charge on any atom is -0.345 e. The van der Waals surface area contributed by atoms with Gasteiger partial charge in [0, 0.05) is 19.7 Å². The van der Waals surface area contributed by atoms with Crippen LogP contribution in [-0.2, 0) is 6.42 Å². The molecule has 0 spiro atoms. The molecule has 2 heteroatoms. The van der Waals surface area contributed by atoms with Crippen molar-refractivity contribution in [2.45, 2.75) is 6.42 Å². The van der Waals surface area contributed by atoms with Crippen LogP contribution in [-0.4, -0.2) is 24.9 Å². The van der Waals surface area contributed by atoms with Crippen LogP contribution in [0.2, 0.25) is 0 Å². The molecule has 0 fully saturated rings. The average molecular weight is 315 g/mol. The highest BCUT2D eigenvalue weighted by Gasteiger charge is 2.09. The lowest BCUT2D eigenvalue weighted by molar-refractivity contribution is 0.0827. The maximum Gasteiger partial charge on any atom is 0.253 e. The van der Waals surface area contributed by atoms with Gasteiger partial charge in [0.25, 0.3) is 5.91 Å². The summed E-state index contributed by atoms with van der Waals surface area (Å²) < 4.78 is 0. The molecule has 0 aliphatic rings. The Balaban J connectivity index is 1.86. The molecule has 0 heterocycles. The fourth-order valence-corrected chi connectivity index (χ4v) is 2.82. The van der Waals surface area contributed by atoms with Crippen LogP contribution in [0.5, 0.6) is 0 Å². The predicted molar refractivity (Wildman–Crippen MR) is 99.1 cm³/mol. The number of carbonyl (C=O) groups is 1. The monoisotopic (exact) mass is 315 g/mol. The summed E-state index contributed by atoms with van der Waals surface area (Å²) in [6.45, 7) is 0. The first-order valence-electron chi connectivity index (χ1n) is 8.09. The summed E-state index contributed by atoms with van der Waals surface area (Å²) in [6.07, 6.45) is 0.849. The Kier molecular flexibility index (Phi) is 4.76. The van der Waals surface area contributed by atoms with E-state index in [4.69, 9.17) is 0 Å². The molecule has 1 amide bonds. The van der Waals surface area contributed by atoms with Gasteiger partial charge in [0.05, 0.1) is 0 Å². The van der Waals surface area contributed by atoms with Crippen LogP contribution >= 0.6 is 0 Å². The van der Waals surface area contributed by atoms with E-state index in [-0.39, 0.29) is 5.91 Å². The molecule has 0 unspecified atom stereocenters. The molecule has 120 valence electrons. The Morgan fingerprint density at radius 2 is 1.42 bits per heavy atom. The lowest BCUT2D eigenvalue weighted by atomic mass is 9.94. The standard InChI is InChI=1S/C22H21NO/c1-23(2)22(24)19-14-12-17(13-15-19)16-20-10-6-7-11-21(20)18-8-4-3-5-9-18/h3-15H,16H2,1-2H3. The minimum atomic E-state index is 0.0336. The van der Waals surface area contributed by atoms with Crippen molar-refractivity contribution in [1.29, 1.82) is 0 Å². The topological polar surface area (TPSA) is 20.3 Å². The van der Waals surface area contributed by atoms with Crippen molar-refractivity contribution in [1.82, 2.24) is 4.90 Å². The van der Waals surface area contributed by atoms with E-state index in [1.165, 1.54) is 22.3 Å². The molecule has 0 saturated carbocycles. The summed E-state index contributed by atoms with van der Waals surface area (Å²) in [5.74, 6) is 0.0336. The first kappa shape index (κ1) is 16.0. The van der Waals surface area contributed by atoms with Gasteiger partial charge in [-0.3, -0.25) is 4.79 Å². The highest BCUT2D eigenvalue weighted by molar-refractivity contribution is 5.93. The van der Waals surface area contributed by atoms with Crippen molar-refractivity contribution < 1.29 is 4.79 Å². The largest absolute Gasteiger partial charge is 0.345 e. The Morgan fingerprint density at radius 1 is 0.792 bits per heavy atom. The maximum absolute atomic E-state index is 12.0. The van der Waals surface area contributed by atoms with Crippen LogP contribution in [0.4, 0.5) is 0 Å². The minimum absolute atomic E-state index is 0.0336. The molecule has 0 atom stereocenters. The molecule has 2 nitrogen and oxygen atoms in total. The Morgan fingerprint density at radius 3 is 2.08 bits per heavy atom. The number of nitrogens with zero attached hydrogens (tertiary/aromatic N) is 1. The molecule has 0 bridgehead atoms. The van der Waals surface area contributed by atoms with Gasteiger partial charge in [0.2, 0.25) is 0 Å². The lowest BCUT2D eigenvalue weighted by Gasteiger charge is -2.12. The number of carbonyl (C=O) groups excluding carboxylic acids is 1. The van der Waals surface area contributed by atoms with E-state index in [0.29, 0.717) is 0 Å². The molecule has 0 N–H and O–H groups in total. The van der Waals surface area contributed by atoms with Gasteiger partial charge in [0.1, 0.15) is 0 Å². The van der Waals surface area contributed by atoms with E-state index in [9.17, 15) is 4.79 Å². The molecule has 0 aliphatic carbocycles. The lowest BCUT2D eigenvalue weighted by Crippen LogP contribution is -2.21. The summed E-state index contributed by atoms with van der Waals surface area (Å²) in [4.78, 5) is 13.6. The Bertz CT molecular complexity index is 820. The fourth-order valence-electron chi connectivity index (χ4n) is 2.82. The molecule has 3 aromatic rings. The predicted octanol–water partition coefficient (Wildman–Crippen LogP) is 4.65. The van der Waals surface area contributed by atoms with Crippen molar-refractivity contribution >= 4 is 5.91 Å². The Labute approximate surface area is 143 Å². The average Bonchev–Trinajstić information content (AvgIpc) is 2.63. The van der Waals surface area contributed by atoms with Crippen LogP contribution < -0.4 is 0 Å². The third-order valence-electron chi connectivity index (χ3n) is 4.10. The van der Waals surface area contributed by atoms with E-state index < -0.39 is 0 Å². The third kappa shape index (κ3) is 3.54. The molecule has 0 saturated heterocycles. The highest BCUT2D eigenvalue weighted by Crippen LogP contribution is 2.25. The van der Waals surface area contributed by atoms with Crippen molar-refractivity contribution in [2.24, 2.45) is 0 Å². The van der Waals surface area contributed by atoms with Gasteiger partial charge < -0.3 is 4.90 Å². The van der Waals surface area contributed by atoms with Crippen molar-refractivity contribution in [2.75, 3.05) is 14.1 Å². The quantitative estimate of drug-likeness (QED) is 0.686. The second-order valence-corrected chi connectivity index (χ2v) is 6.10. The molecular weight excluding hydrogens is 294 g/mol. The van der Waals surface area contributed by atoms with E-state index in [0.717, 1.165) is 12.0 Å². The van der Waals surface area contributed by atoms with Crippen LogP contribution in [0.1, 0.15) is 21.5 Å². The van der Waals surface area contributed by atoms with Crippen LogP contribution in [0.3, 0.4) is 0 Å². The first-order valence-corrected chi connectivity index (χ1v) is 8.09. The molecule has 0 aliphatic heterocycles. The summed E-state index contributed by atoms with van der Waals surface area (Å²) >= 11 is 0. The molecule has 24 heavy (non-hydrogen) atoms. The SMILES string of the molecule is CN(C)C(=O)c1ccc(Cc2ccccc2-c2ccccc2)cc1. The van der Waals surface area contributed by atoms with Crippen molar-refractivity contribution in [3.8, 4) is 11.1 Å². The fraction of sp³-hybridized carbons (Fsp3) is 0.136. The van der Waals surface area contributed by atoms with E-state index in [1.807, 2.05) is 30.3 Å². The summed E-state index contributed by atoms with van der Waals surface area (Å²) in [7, 11) is 3.54. The van der Waals surface area contributed by atoms with Gasteiger partial charge in [-0.2, -0.15) is 0 Å². The van der Waals surface area contributed by atoms with Gasteiger partial charge in [-0.15, -0.1) is 0 Å². The van der Waals surface area contributed by atoms with Gasteiger partial charge in [-0.1, -0.05) is 66.7 Å². The first-order chi connectivity index (χ1) is 11.6. The second kappa shape index (κ2) is 7.14.